The van der Waals surface area contributed by atoms with Gasteiger partial charge in [0.2, 0.25) is 9.76 Å². The number of hydrogen-bond acceptors (Lipinski definition) is 2. The second kappa shape index (κ2) is 7.14. The summed E-state index contributed by atoms with van der Waals surface area (Å²) in [4.78, 5) is 0. The quantitative estimate of drug-likeness (QED) is 0.433. The molecule has 0 aliphatic carbocycles. The minimum absolute atomic E-state index is 0.659. The summed E-state index contributed by atoms with van der Waals surface area (Å²) in [6.07, 6.45) is 1.10. The van der Waals surface area contributed by atoms with Gasteiger partial charge in [0.05, 0.1) is 0 Å². The Kier molecular flexibility index (Phi) is 7.26. The molecule has 0 spiro atoms. The second-order valence-electron chi connectivity index (χ2n) is 1.47. The van der Waals surface area contributed by atoms with Crippen molar-refractivity contribution in [2.45, 2.75) is 19.4 Å². The van der Waals surface area contributed by atoms with Crippen LogP contribution in [0.5, 0.6) is 0 Å². The SMILES string of the molecule is CCO[Si]CCCN. The highest BCUT2D eigenvalue weighted by Gasteiger charge is 1.86. The lowest BCUT2D eigenvalue weighted by atomic mass is 10.5. The smallest absolute Gasteiger partial charge is 0.229 e. The number of nitrogens with two attached hydrogens (primary N) is 1. The zero-order chi connectivity index (χ0) is 6.24. The molecule has 0 heterocycles. The predicted octanol–water partition coefficient (Wildman–Crippen LogP) is 0.409. The molecule has 2 nitrogen and oxygen atoms in total. The Labute approximate surface area is 53.4 Å². The molecule has 3 heteroatoms. The average molecular weight is 131 g/mol. The Morgan fingerprint density at radius 1 is 1.62 bits per heavy atom. The van der Waals surface area contributed by atoms with Crippen LogP contribution in [0.15, 0.2) is 0 Å². The van der Waals surface area contributed by atoms with Gasteiger partial charge in [-0.15, -0.1) is 0 Å². The van der Waals surface area contributed by atoms with Crippen molar-refractivity contribution >= 4 is 9.76 Å². The molecule has 0 fully saturated rings. The van der Waals surface area contributed by atoms with E-state index >= 15 is 0 Å². The van der Waals surface area contributed by atoms with Gasteiger partial charge in [-0.1, -0.05) is 0 Å². The van der Waals surface area contributed by atoms with Gasteiger partial charge in [-0.05, 0) is 25.9 Å². The van der Waals surface area contributed by atoms with Crippen LogP contribution in [0.25, 0.3) is 0 Å². The van der Waals surface area contributed by atoms with Gasteiger partial charge in [-0.3, -0.25) is 0 Å². The van der Waals surface area contributed by atoms with E-state index in [-0.39, 0.29) is 0 Å². The number of rotatable bonds is 5. The summed E-state index contributed by atoms with van der Waals surface area (Å²) in [5.74, 6) is 0. The van der Waals surface area contributed by atoms with Crippen molar-refractivity contribution in [1.82, 2.24) is 0 Å². The van der Waals surface area contributed by atoms with E-state index in [1.54, 1.807) is 0 Å². The number of hydrogen-bond donors (Lipinski definition) is 1. The molecule has 0 atom stereocenters. The Morgan fingerprint density at radius 3 is 2.88 bits per heavy atom. The summed E-state index contributed by atoms with van der Waals surface area (Å²) < 4.78 is 5.11. The Bertz CT molecular complexity index is 37.4. The lowest BCUT2D eigenvalue weighted by Crippen LogP contribution is -2.03. The van der Waals surface area contributed by atoms with Crippen molar-refractivity contribution in [2.24, 2.45) is 5.73 Å². The molecule has 0 rings (SSSR count). The van der Waals surface area contributed by atoms with Gasteiger partial charge in [0.1, 0.15) is 0 Å². The van der Waals surface area contributed by atoms with Gasteiger partial charge in [-0.25, -0.2) is 0 Å². The summed E-state index contributed by atoms with van der Waals surface area (Å²) in [5.41, 5.74) is 5.26. The Balaban J connectivity index is 2.53. The molecule has 0 saturated carbocycles. The maximum absolute atomic E-state index is 5.26. The normalized spacial score (nSPS) is 9.75. The minimum Gasteiger partial charge on any atom is -0.418 e. The van der Waals surface area contributed by atoms with E-state index in [1.807, 2.05) is 6.92 Å². The van der Waals surface area contributed by atoms with Gasteiger partial charge in [0.15, 0.2) is 0 Å². The van der Waals surface area contributed by atoms with E-state index in [0.717, 1.165) is 25.6 Å². The van der Waals surface area contributed by atoms with Crippen molar-refractivity contribution in [3.63, 3.8) is 0 Å². The van der Waals surface area contributed by atoms with Crippen LogP contribution in [0.3, 0.4) is 0 Å². The molecule has 2 radical (unpaired) electrons. The molecule has 0 aromatic heterocycles. The predicted molar refractivity (Wildman–Crippen MR) is 35.9 cm³/mol. The highest BCUT2D eigenvalue weighted by molar-refractivity contribution is 6.26. The zero-order valence-electron chi connectivity index (χ0n) is 5.31. The molecular formula is C5H13NOSi. The van der Waals surface area contributed by atoms with E-state index in [4.69, 9.17) is 10.2 Å². The second-order valence-corrected chi connectivity index (χ2v) is 2.55. The van der Waals surface area contributed by atoms with Crippen molar-refractivity contribution in [3.05, 3.63) is 0 Å². The van der Waals surface area contributed by atoms with Crippen LogP contribution in [0, 0.1) is 0 Å². The molecule has 0 saturated heterocycles. The van der Waals surface area contributed by atoms with Crippen molar-refractivity contribution in [2.75, 3.05) is 13.2 Å². The third-order valence-corrected chi connectivity index (χ3v) is 1.78. The molecule has 2 N–H and O–H groups in total. The fraction of sp³-hybridized carbons (Fsp3) is 1.00. The van der Waals surface area contributed by atoms with E-state index in [0.29, 0.717) is 9.76 Å². The monoisotopic (exact) mass is 131 g/mol. The highest BCUT2D eigenvalue weighted by Crippen LogP contribution is 1.84. The van der Waals surface area contributed by atoms with Crippen LogP contribution in [-0.2, 0) is 4.43 Å². The zero-order valence-corrected chi connectivity index (χ0v) is 6.31. The van der Waals surface area contributed by atoms with Gasteiger partial charge in [-0.2, -0.15) is 0 Å². The topological polar surface area (TPSA) is 35.2 Å². The van der Waals surface area contributed by atoms with Crippen molar-refractivity contribution in [1.29, 1.82) is 0 Å². The molecule has 0 aromatic carbocycles. The van der Waals surface area contributed by atoms with Crippen molar-refractivity contribution < 1.29 is 4.43 Å². The third-order valence-electron chi connectivity index (χ3n) is 0.729. The molecule has 48 valence electrons. The van der Waals surface area contributed by atoms with Crippen LogP contribution in [0.4, 0.5) is 0 Å². The Morgan fingerprint density at radius 2 is 2.38 bits per heavy atom. The fourth-order valence-electron chi connectivity index (χ4n) is 0.348. The van der Waals surface area contributed by atoms with Gasteiger partial charge >= 0.3 is 0 Å². The van der Waals surface area contributed by atoms with Crippen LogP contribution < -0.4 is 5.73 Å². The molecule has 8 heavy (non-hydrogen) atoms. The molecule has 0 unspecified atom stereocenters. The third kappa shape index (κ3) is 6.14. The summed E-state index contributed by atoms with van der Waals surface area (Å²) in [6.45, 7) is 3.64. The van der Waals surface area contributed by atoms with Gasteiger partial charge in [0, 0.05) is 6.61 Å². The molecule has 0 aliphatic heterocycles. The van der Waals surface area contributed by atoms with Crippen LogP contribution >= 0.6 is 0 Å². The van der Waals surface area contributed by atoms with E-state index in [2.05, 4.69) is 0 Å². The summed E-state index contributed by atoms with van der Waals surface area (Å²) in [5, 5.41) is 0. The van der Waals surface area contributed by atoms with E-state index < -0.39 is 0 Å². The summed E-state index contributed by atoms with van der Waals surface area (Å²) >= 11 is 0. The lowest BCUT2D eigenvalue weighted by Gasteiger charge is -1.94. The largest absolute Gasteiger partial charge is 0.418 e. The summed E-state index contributed by atoms with van der Waals surface area (Å²) in [7, 11) is 0.659. The molecule has 0 bridgehead atoms. The maximum atomic E-state index is 5.26. The maximum Gasteiger partial charge on any atom is 0.229 e. The molecule has 0 aromatic rings. The van der Waals surface area contributed by atoms with Crippen molar-refractivity contribution in [3.8, 4) is 0 Å². The first-order chi connectivity index (χ1) is 3.91. The lowest BCUT2D eigenvalue weighted by molar-refractivity contribution is 0.359. The molecule has 0 aliphatic rings. The van der Waals surface area contributed by atoms with Crippen LogP contribution in [-0.4, -0.2) is 22.9 Å². The minimum atomic E-state index is 0.659. The van der Waals surface area contributed by atoms with Crippen LogP contribution in [0.1, 0.15) is 13.3 Å². The first-order valence-corrected chi connectivity index (χ1v) is 4.08. The average Bonchev–Trinajstić information content (AvgIpc) is 1.81. The fourth-order valence-corrected chi connectivity index (χ4v) is 1.05. The standard InChI is InChI=1S/C5H13NOSi/c1-2-7-8-5-3-4-6/h2-6H2,1H3. The van der Waals surface area contributed by atoms with E-state index in [9.17, 15) is 0 Å². The van der Waals surface area contributed by atoms with Crippen LogP contribution in [0.2, 0.25) is 6.04 Å². The highest BCUT2D eigenvalue weighted by atomic mass is 28.2. The first-order valence-electron chi connectivity index (χ1n) is 2.96. The molecular weight excluding hydrogens is 118 g/mol. The Hall–Kier alpha value is 0.137. The molecule has 0 amide bonds. The van der Waals surface area contributed by atoms with Gasteiger partial charge in [0.25, 0.3) is 0 Å². The van der Waals surface area contributed by atoms with Gasteiger partial charge < -0.3 is 10.2 Å². The first kappa shape index (κ1) is 8.14. The van der Waals surface area contributed by atoms with E-state index in [1.165, 1.54) is 0 Å². The summed E-state index contributed by atoms with van der Waals surface area (Å²) in [6, 6.07) is 1.13.